The molecule has 3 aromatic carbocycles. The van der Waals surface area contributed by atoms with Crippen molar-refractivity contribution in [2.45, 2.75) is 24.7 Å². The van der Waals surface area contributed by atoms with Gasteiger partial charge in [-0.1, -0.05) is 53.5 Å². The van der Waals surface area contributed by atoms with Crippen molar-refractivity contribution in [2.24, 2.45) is 5.73 Å². The highest BCUT2D eigenvalue weighted by Crippen LogP contribution is 2.50. The normalized spacial score (nSPS) is 19.5. The molecular weight excluding hydrogens is 511 g/mol. The third-order valence-corrected chi connectivity index (χ3v) is 7.42. The first-order valence-corrected chi connectivity index (χ1v) is 12.3. The second-order valence-electron chi connectivity index (χ2n) is 8.92. The summed E-state index contributed by atoms with van der Waals surface area (Å²) < 4.78 is 0. The number of rotatable bonds is 4. The van der Waals surface area contributed by atoms with Gasteiger partial charge in [-0.25, -0.2) is 0 Å². The fourth-order valence-electron chi connectivity index (χ4n) is 5.15. The number of carbonyl (C=O) groups excluding carboxylic acids is 1. The van der Waals surface area contributed by atoms with Gasteiger partial charge in [0.05, 0.1) is 22.5 Å². The number of Topliss-reactive ketones (excluding diaryl/α,β-unsaturated/α-hetero) is 1. The van der Waals surface area contributed by atoms with Crippen molar-refractivity contribution in [3.8, 4) is 6.07 Å². The van der Waals surface area contributed by atoms with Gasteiger partial charge in [-0.05, 0) is 53.8 Å². The number of hydrogen-bond donors (Lipinski definition) is 1. The quantitative estimate of drug-likeness (QED) is 0.300. The molecule has 9 heteroatoms. The number of nitro benzene ring substituents is 1. The minimum atomic E-state index is -0.930. The summed E-state index contributed by atoms with van der Waals surface area (Å²) in [6, 6.07) is 22.9. The minimum absolute atomic E-state index is 0.0996. The zero-order valence-corrected chi connectivity index (χ0v) is 20.9. The summed E-state index contributed by atoms with van der Waals surface area (Å²) in [6.07, 6.45) is 0.690. The van der Waals surface area contributed by atoms with E-state index in [9.17, 15) is 20.2 Å². The van der Waals surface area contributed by atoms with Crippen LogP contribution in [0.25, 0.3) is 0 Å². The molecule has 0 saturated carbocycles. The highest BCUT2D eigenvalue weighted by molar-refractivity contribution is 6.31. The highest BCUT2D eigenvalue weighted by atomic mass is 35.5. The molecule has 184 valence electrons. The highest BCUT2D eigenvalue weighted by Gasteiger charge is 2.43. The molecule has 0 bridgehead atoms. The third kappa shape index (κ3) is 4.35. The van der Waals surface area contributed by atoms with Crippen LogP contribution in [0.15, 0.2) is 95.5 Å². The lowest BCUT2D eigenvalue weighted by Crippen LogP contribution is -2.40. The standard InChI is InChI=1S/C28H20Cl2N4O3/c29-18-6-8-19(9-7-18)33-24-12-17(16-4-2-1-3-5-16)13-25(35)27(24)26(22(15-31)28(33)32)21-14-20(34(36)37)10-11-23(21)30/h1-11,14,17,26H,12-13,32H2/t17-,26+/m1/s1. The van der Waals surface area contributed by atoms with Crippen LogP contribution in [0.1, 0.15) is 35.8 Å². The average molecular weight is 531 g/mol. The number of nitrogens with zero attached hydrogens (tertiary/aromatic N) is 3. The van der Waals surface area contributed by atoms with Crippen LogP contribution in [0.3, 0.4) is 0 Å². The number of nitro groups is 1. The molecule has 0 saturated heterocycles. The molecule has 3 aromatic rings. The maximum absolute atomic E-state index is 13.9. The van der Waals surface area contributed by atoms with Crippen molar-refractivity contribution in [2.75, 3.05) is 4.90 Å². The SMILES string of the molecule is N#CC1=C(N)N(c2ccc(Cl)cc2)C2=C(C(=O)C[C@H](c3ccccc3)C2)[C@H]1c1cc([N+](=O)[O-])ccc1Cl. The van der Waals surface area contributed by atoms with Gasteiger partial charge in [-0.2, -0.15) is 5.26 Å². The third-order valence-electron chi connectivity index (χ3n) is 6.82. The molecule has 1 heterocycles. The predicted molar refractivity (Wildman–Crippen MR) is 142 cm³/mol. The summed E-state index contributed by atoms with van der Waals surface area (Å²) in [4.78, 5) is 26.6. The lowest BCUT2D eigenvalue weighted by Gasteiger charge is -2.41. The van der Waals surface area contributed by atoms with Crippen LogP contribution in [0.2, 0.25) is 10.0 Å². The van der Waals surface area contributed by atoms with Crippen molar-refractivity contribution in [1.82, 2.24) is 0 Å². The fraction of sp³-hybridized carbons (Fsp3) is 0.143. The van der Waals surface area contributed by atoms with Gasteiger partial charge in [0.25, 0.3) is 5.69 Å². The molecule has 0 radical (unpaired) electrons. The molecule has 0 amide bonds. The van der Waals surface area contributed by atoms with Gasteiger partial charge in [-0.3, -0.25) is 19.8 Å². The van der Waals surface area contributed by atoms with Crippen LogP contribution >= 0.6 is 23.2 Å². The smallest absolute Gasteiger partial charge is 0.269 e. The maximum Gasteiger partial charge on any atom is 0.269 e. The summed E-state index contributed by atoms with van der Waals surface area (Å²) in [7, 11) is 0. The Morgan fingerprint density at radius 3 is 2.38 bits per heavy atom. The number of nitrogens with two attached hydrogens (primary N) is 1. The van der Waals surface area contributed by atoms with Gasteiger partial charge < -0.3 is 5.73 Å². The molecular formula is C28H20Cl2N4O3. The van der Waals surface area contributed by atoms with Crippen LogP contribution in [-0.2, 0) is 4.79 Å². The van der Waals surface area contributed by atoms with Crippen LogP contribution < -0.4 is 10.6 Å². The molecule has 0 spiro atoms. The van der Waals surface area contributed by atoms with E-state index < -0.39 is 10.8 Å². The van der Waals surface area contributed by atoms with E-state index in [0.29, 0.717) is 34.0 Å². The van der Waals surface area contributed by atoms with Gasteiger partial charge in [0.2, 0.25) is 0 Å². The fourth-order valence-corrected chi connectivity index (χ4v) is 5.51. The number of halogens is 2. The van der Waals surface area contributed by atoms with E-state index in [0.717, 1.165) is 5.56 Å². The van der Waals surface area contributed by atoms with E-state index >= 15 is 0 Å². The first-order chi connectivity index (χ1) is 17.8. The van der Waals surface area contributed by atoms with Crippen LogP contribution in [0, 0.1) is 21.4 Å². The molecule has 5 rings (SSSR count). The number of carbonyl (C=O) groups is 1. The van der Waals surface area contributed by atoms with Gasteiger partial charge in [0.1, 0.15) is 5.82 Å². The van der Waals surface area contributed by atoms with Crippen molar-refractivity contribution < 1.29 is 9.72 Å². The van der Waals surface area contributed by atoms with Crippen LogP contribution in [0.5, 0.6) is 0 Å². The zero-order chi connectivity index (χ0) is 26.3. The van der Waals surface area contributed by atoms with Crippen LogP contribution in [-0.4, -0.2) is 10.7 Å². The van der Waals surface area contributed by atoms with E-state index in [2.05, 4.69) is 6.07 Å². The van der Waals surface area contributed by atoms with Gasteiger partial charge >= 0.3 is 0 Å². The van der Waals surface area contributed by atoms with E-state index in [-0.39, 0.29) is 40.2 Å². The molecule has 2 atom stereocenters. The van der Waals surface area contributed by atoms with E-state index in [4.69, 9.17) is 28.9 Å². The molecule has 0 fully saturated rings. The van der Waals surface area contributed by atoms with Crippen molar-refractivity contribution >= 4 is 40.4 Å². The summed E-state index contributed by atoms with van der Waals surface area (Å²) in [5.41, 5.74) is 9.51. The Hall–Kier alpha value is -4.12. The molecule has 37 heavy (non-hydrogen) atoms. The summed E-state index contributed by atoms with van der Waals surface area (Å²) in [5.74, 6) is -1.07. The van der Waals surface area contributed by atoms with Crippen molar-refractivity contribution in [1.29, 1.82) is 5.26 Å². The van der Waals surface area contributed by atoms with Crippen molar-refractivity contribution in [3.63, 3.8) is 0 Å². The summed E-state index contributed by atoms with van der Waals surface area (Å²) in [5, 5.41) is 22.5. The lowest BCUT2D eigenvalue weighted by molar-refractivity contribution is -0.384. The van der Waals surface area contributed by atoms with Gasteiger partial charge in [0, 0.05) is 45.6 Å². The first kappa shape index (κ1) is 24.6. The largest absolute Gasteiger partial charge is 0.384 e. The topological polar surface area (TPSA) is 113 Å². The number of anilines is 1. The second-order valence-corrected chi connectivity index (χ2v) is 9.76. The Balaban J connectivity index is 1.76. The molecule has 1 aliphatic heterocycles. The van der Waals surface area contributed by atoms with E-state index in [1.165, 1.54) is 18.2 Å². The Bertz CT molecular complexity index is 1530. The molecule has 7 nitrogen and oxygen atoms in total. The van der Waals surface area contributed by atoms with Crippen molar-refractivity contribution in [3.05, 3.63) is 127 Å². The minimum Gasteiger partial charge on any atom is -0.384 e. The van der Waals surface area contributed by atoms with Gasteiger partial charge in [0.15, 0.2) is 5.78 Å². The average Bonchev–Trinajstić information content (AvgIpc) is 2.89. The first-order valence-electron chi connectivity index (χ1n) is 11.5. The van der Waals surface area contributed by atoms with E-state index in [1.54, 1.807) is 29.2 Å². The zero-order valence-electron chi connectivity index (χ0n) is 19.4. The summed E-state index contributed by atoms with van der Waals surface area (Å²) >= 11 is 12.6. The second kappa shape index (κ2) is 9.74. The van der Waals surface area contributed by atoms with Gasteiger partial charge in [-0.15, -0.1) is 0 Å². The Kier molecular flexibility index (Phi) is 6.46. The number of hydrogen-bond acceptors (Lipinski definition) is 6. The number of benzene rings is 3. The Labute approximate surface area is 223 Å². The lowest BCUT2D eigenvalue weighted by atomic mass is 9.71. The molecule has 2 N–H and O–H groups in total. The number of allylic oxidation sites excluding steroid dienone is 3. The number of non-ortho nitro benzene ring substituents is 1. The Morgan fingerprint density at radius 1 is 1.03 bits per heavy atom. The van der Waals surface area contributed by atoms with Crippen LogP contribution in [0.4, 0.5) is 11.4 Å². The number of ketones is 1. The molecule has 0 unspecified atom stereocenters. The Morgan fingerprint density at radius 2 is 1.73 bits per heavy atom. The monoisotopic (exact) mass is 530 g/mol. The summed E-state index contributed by atoms with van der Waals surface area (Å²) in [6.45, 7) is 0. The molecule has 1 aliphatic carbocycles. The predicted octanol–water partition coefficient (Wildman–Crippen LogP) is 6.60. The van der Waals surface area contributed by atoms with E-state index in [1.807, 2.05) is 30.3 Å². The maximum atomic E-state index is 13.9. The molecule has 0 aromatic heterocycles. The molecule has 2 aliphatic rings. The number of nitriles is 1.